The number of rotatable bonds is 5. The molecule has 3 nitrogen and oxygen atoms in total. The van der Waals surface area contributed by atoms with Gasteiger partial charge < -0.3 is 0 Å². The Kier molecular flexibility index (Phi) is 4.92. The van der Waals surface area contributed by atoms with Crippen LogP contribution in [0, 0.1) is 0 Å². The molecule has 3 heteroatoms. The molecular weight excluding hydrogens is 342 g/mol. The smallest absolute Gasteiger partial charge is 0.0622 e. The first kappa shape index (κ1) is 17.6. The van der Waals surface area contributed by atoms with Crippen molar-refractivity contribution >= 4 is 5.69 Å². The molecule has 0 aliphatic heterocycles. The van der Waals surface area contributed by atoms with Gasteiger partial charge in [0.05, 0.1) is 5.41 Å². The Morgan fingerprint density at radius 2 is 0.857 bits per heavy atom. The summed E-state index contributed by atoms with van der Waals surface area (Å²) in [5.74, 6) is 0. The third-order valence-electron chi connectivity index (χ3n) is 5.08. The molecule has 28 heavy (non-hydrogen) atoms. The highest BCUT2D eigenvalue weighted by Gasteiger charge is 2.37. The lowest BCUT2D eigenvalue weighted by molar-refractivity contribution is 0.745. The van der Waals surface area contributed by atoms with E-state index in [9.17, 15) is 0 Å². The van der Waals surface area contributed by atoms with Gasteiger partial charge in [0.15, 0.2) is 0 Å². The average Bonchev–Trinajstić information content (AvgIpc) is 2.78. The lowest BCUT2D eigenvalue weighted by Gasteiger charge is -2.36. The van der Waals surface area contributed by atoms with Crippen molar-refractivity contribution in [1.82, 2.24) is 0 Å². The second-order valence-electron chi connectivity index (χ2n) is 6.58. The predicted molar refractivity (Wildman–Crippen MR) is 114 cm³/mol. The molecule has 0 aromatic heterocycles. The predicted octanol–water partition coefficient (Wildman–Crippen LogP) is 7.01. The van der Waals surface area contributed by atoms with E-state index in [0.717, 1.165) is 5.56 Å². The zero-order valence-corrected chi connectivity index (χ0v) is 15.3. The van der Waals surface area contributed by atoms with Gasteiger partial charge in [0.25, 0.3) is 0 Å². The van der Waals surface area contributed by atoms with Gasteiger partial charge in [-0.15, -0.1) is 0 Å². The number of hydrogen-bond acceptors (Lipinski definition) is 1. The first-order valence-corrected chi connectivity index (χ1v) is 9.18. The molecule has 0 saturated heterocycles. The molecule has 0 aliphatic rings. The summed E-state index contributed by atoms with van der Waals surface area (Å²) < 4.78 is 0. The Hall–Kier alpha value is -3.81. The van der Waals surface area contributed by atoms with E-state index < -0.39 is 5.41 Å². The second-order valence-corrected chi connectivity index (χ2v) is 6.58. The monoisotopic (exact) mass is 361 g/mol. The molecule has 0 heterocycles. The molecule has 0 saturated carbocycles. The maximum absolute atomic E-state index is 8.74. The van der Waals surface area contributed by atoms with Crippen LogP contribution in [0.3, 0.4) is 0 Å². The summed E-state index contributed by atoms with van der Waals surface area (Å²) >= 11 is 0. The van der Waals surface area contributed by atoms with Crippen LogP contribution in [0.15, 0.2) is 120 Å². The van der Waals surface area contributed by atoms with Gasteiger partial charge in [-0.1, -0.05) is 120 Å². The van der Waals surface area contributed by atoms with E-state index in [-0.39, 0.29) is 0 Å². The van der Waals surface area contributed by atoms with Gasteiger partial charge in [0.2, 0.25) is 0 Å². The lowest BCUT2D eigenvalue weighted by atomic mass is 9.65. The fourth-order valence-electron chi connectivity index (χ4n) is 3.89. The van der Waals surface area contributed by atoms with Crippen LogP contribution < -0.4 is 0 Å². The zero-order valence-electron chi connectivity index (χ0n) is 15.3. The van der Waals surface area contributed by atoms with Gasteiger partial charge in [-0.25, -0.2) is 0 Å². The largest absolute Gasteiger partial charge is 0.0701 e. The average molecular weight is 361 g/mol. The Labute approximate surface area is 164 Å². The van der Waals surface area contributed by atoms with E-state index in [4.69, 9.17) is 5.53 Å². The van der Waals surface area contributed by atoms with Crippen LogP contribution >= 0.6 is 0 Å². The Morgan fingerprint density at radius 3 is 1.21 bits per heavy atom. The topological polar surface area (TPSA) is 48.8 Å². The van der Waals surface area contributed by atoms with Crippen molar-refractivity contribution in [3.63, 3.8) is 0 Å². The Balaban J connectivity index is 2.08. The van der Waals surface area contributed by atoms with Gasteiger partial charge in [-0.3, -0.25) is 0 Å². The summed E-state index contributed by atoms with van der Waals surface area (Å²) in [5.41, 5.74) is 13.5. The fourth-order valence-corrected chi connectivity index (χ4v) is 3.89. The summed E-state index contributed by atoms with van der Waals surface area (Å²) in [6.07, 6.45) is 0. The van der Waals surface area contributed by atoms with Crippen molar-refractivity contribution in [1.29, 1.82) is 0 Å². The molecule has 0 unspecified atom stereocenters. The highest BCUT2D eigenvalue weighted by molar-refractivity contribution is 5.60. The van der Waals surface area contributed by atoms with E-state index in [1.54, 1.807) is 0 Å². The standard InChI is InChI=1S/C25H19N3/c26-28-27-24-18-16-23(17-19-24)25(20-10-4-1-5-11-20,21-12-6-2-7-13-21)22-14-8-3-9-15-22/h1-19H. The molecule has 0 radical (unpaired) electrons. The van der Waals surface area contributed by atoms with Crippen molar-refractivity contribution in [2.24, 2.45) is 5.11 Å². The van der Waals surface area contributed by atoms with Gasteiger partial charge in [0, 0.05) is 10.6 Å². The van der Waals surface area contributed by atoms with Crippen LogP contribution in [-0.4, -0.2) is 0 Å². The molecule has 0 spiro atoms. The molecule has 4 rings (SSSR count). The van der Waals surface area contributed by atoms with Crippen LogP contribution in [0.1, 0.15) is 22.3 Å². The molecule has 0 N–H and O–H groups in total. The van der Waals surface area contributed by atoms with E-state index in [1.807, 2.05) is 30.3 Å². The molecule has 4 aromatic rings. The van der Waals surface area contributed by atoms with Gasteiger partial charge in [-0.05, 0) is 27.8 Å². The highest BCUT2D eigenvalue weighted by Crippen LogP contribution is 2.45. The molecule has 0 bridgehead atoms. The van der Waals surface area contributed by atoms with Crippen molar-refractivity contribution < 1.29 is 0 Å². The minimum Gasteiger partial charge on any atom is -0.0622 e. The fraction of sp³-hybridized carbons (Fsp3) is 0.0400. The zero-order chi connectivity index (χ0) is 19.2. The molecule has 0 amide bonds. The minimum absolute atomic E-state index is 0.474. The maximum Gasteiger partial charge on any atom is 0.0701 e. The third kappa shape index (κ3) is 3.05. The molecule has 4 aromatic carbocycles. The van der Waals surface area contributed by atoms with Crippen LogP contribution in [0.4, 0.5) is 5.69 Å². The second kappa shape index (κ2) is 7.83. The lowest BCUT2D eigenvalue weighted by Crippen LogP contribution is -2.30. The number of benzene rings is 4. The summed E-state index contributed by atoms with van der Waals surface area (Å²) in [5, 5.41) is 3.73. The van der Waals surface area contributed by atoms with Gasteiger partial charge in [-0.2, -0.15) is 0 Å². The number of hydrogen-bond donors (Lipinski definition) is 0. The maximum atomic E-state index is 8.74. The summed E-state index contributed by atoms with van der Waals surface area (Å²) in [6.45, 7) is 0. The molecular formula is C25H19N3. The van der Waals surface area contributed by atoms with E-state index in [2.05, 4.69) is 95.0 Å². The van der Waals surface area contributed by atoms with Crippen LogP contribution in [-0.2, 0) is 5.41 Å². The quantitative estimate of drug-likeness (QED) is 0.159. The summed E-state index contributed by atoms with van der Waals surface area (Å²) in [7, 11) is 0. The van der Waals surface area contributed by atoms with Crippen molar-refractivity contribution in [2.45, 2.75) is 5.41 Å². The summed E-state index contributed by atoms with van der Waals surface area (Å²) in [4.78, 5) is 2.90. The Bertz CT molecular complexity index is 986. The Morgan fingerprint density at radius 1 is 0.500 bits per heavy atom. The van der Waals surface area contributed by atoms with E-state index >= 15 is 0 Å². The van der Waals surface area contributed by atoms with Crippen LogP contribution in [0.25, 0.3) is 10.4 Å². The van der Waals surface area contributed by atoms with E-state index in [1.165, 1.54) is 16.7 Å². The van der Waals surface area contributed by atoms with Crippen LogP contribution in [0.2, 0.25) is 0 Å². The number of nitrogens with zero attached hydrogens (tertiary/aromatic N) is 3. The number of azide groups is 1. The third-order valence-corrected chi connectivity index (χ3v) is 5.08. The minimum atomic E-state index is -0.474. The normalized spacial score (nSPS) is 10.9. The highest BCUT2D eigenvalue weighted by atomic mass is 15.1. The first-order chi connectivity index (χ1) is 13.9. The van der Waals surface area contributed by atoms with E-state index in [0.29, 0.717) is 5.69 Å². The van der Waals surface area contributed by atoms with Gasteiger partial charge in [0.1, 0.15) is 0 Å². The van der Waals surface area contributed by atoms with Crippen molar-refractivity contribution in [3.8, 4) is 0 Å². The van der Waals surface area contributed by atoms with Crippen molar-refractivity contribution in [2.75, 3.05) is 0 Å². The molecule has 0 fully saturated rings. The summed E-state index contributed by atoms with van der Waals surface area (Å²) in [6, 6.07) is 39.4. The molecule has 0 aliphatic carbocycles. The van der Waals surface area contributed by atoms with Crippen molar-refractivity contribution in [3.05, 3.63) is 148 Å². The first-order valence-electron chi connectivity index (χ1n) is 9.18. The van der Waals surface area contributed by atoms with Crippen LogP contribution in [0.5, 0.6) is 0 Å². The van der Waals surface area contributed by atoms with Gasteiger partial charge >= 0.3 is 0 Å². The molecule has 0 atom stereocenters. The molecule has 134 valence electrons. The SMILES string of the molecule is [N-]=[N+]=Nc1ccc(C(c2ccccc2)(c2ccccc2)c2ccccc2)cc1.